The molecule has 0 radical (unpaired) electrons. The van der Waals surface area contributed by atoms with Crippen LogP contribution in [0.5, 0.6) is 0 Å². The number of nitrogens with two attached hydrogens (primary N) is 1. The highest BCUT2D eigenvalue weighted by molar-refractivity contribution is 5.01. The van der Waals surface area contributed by atoms with E-state index in [-0.39, 0.29) is 11.0 Å². The first kappa shape index (κ1) is 13.0. The predicted molar refractivity (Wildman–Crippen MR) is 66.9 cm³/mol. The smallest absolute Gasteiger partial charge is 0.0301 e. The average molecular weight is 212 g/mol. The summed E-state index contributed by atoms with van der Waals surface area (Å²) in [6.07, 6.45) is 2.33. The third-order valence-electron chi connectivity index (χ3n) is 3.97. The second-order valence-electron chi connectivity index (χ2n) is 6.62. The summed E-state index contributed by atoms with van der Waals surface area (Å²) in [4.78, 5) is 2.62. The zero-order chi connectivity index (χ0) is 11.9. The summed E-state index contributed by atoms with van der Waals surface area (Å²) in [7, 11) is 0. The number of nitrogens with zero attached hydrogens (tertiary/aromatic N) is 1. The number of hydrogen-bond donors (Lipinski definition) is 1. The van der Waals surface area contributed by atoms with Gasteiger partial charge in [0.15, 0.2) is 0 Å². The van der Waals surface area contributed by atoms with Crippen molar-refractivity contribution in [1.29, 1.82) is 0 Å². The molecule has 0 unspecified atom stereocenters. The van der Waals surface area contributed by atoms with Gasteiger partial charge in [0.25, 0.3) is 0 Å². The molecule has 2 N–H and O–H groups in total. The second-order valence-corrected chi connectivity index (χ2v) is 6.62. The Kier molecular flexibility index (Phi) is 3.52. The van der Waals surface area contributed by atoms with Crippen LogP contribution in [0.15, 0.2) is 0 Å². The Labute approximate surface area is 95.2 Å². The van der Waals surface area contributed by atoms with Gasteiger partial charge in [0.05, 0.1) is 0 Å². The number of likely N-dealkylation sites (tertiary alicyclic amines) is 1. The Hall–Kier alpha value is -0.0800. The van der Waals surface area contributed by atoms with Crippen LogP contribution in [0.25, 0.3) is 0 Å². The summed E-state index contributed by atoms with van der Waals surface area (Å²) in [6, 6.07) is 0.864. The van der Waals surface area contributed by atoms with Gasteiger partial charge in [0, 0.05) is 24.2 Å². The van der Waals surface area contributed by atoms with Crippen LogP contribution >= 0.6 is 0 Å². The molecular weight excluding hydrogens is 184 g/mol. The van der Waals surface area contributed by atoms with Gasteiger partial charge in [-0.15, -0.1) is 0 Å². The molecule has 1 heterocycles. The van der Waals surface area contributed by atoms with E-state index in [9.17, 15) is 0 Å². The van der Waals surface area contributed by atoms with Crippen molar-refractivity contribution >= 4 is 0 Å². The molecule has 0 aromatic heterocycles. The summed E-state index contributed by atoms with van der Waals surface area (Å²) in [5, 5.41) is 0. The van der Waals surface area contributed by atoms with Crippen molar-refractivity contribution in [2.45, 2.75) is 72.0 Å². The van der Waals surface area contributed by atoms with Gasteiger partial charge >= 0.3 is 0 Å². The van der Waals surface area contributed by atoms with Gasteiger partial charge in [-0.2, -0.15) is 0 Å². The molecule has 1 fully saturated rings. The first-order valence-corrected chi connectivity index (χ1v) is 6.22. The van der Waals surface area contributed by atoms with E-state index in [4.69, 9.17) is 5.73 Å². The maximum Gasteiger partial charge on any atom is 0.0301 e. The molecule has 0 aliphatic carbocycles. The summed E-state index contributed by atoms with van der Waals surface area (Å²) < 4.78 is 0. The lowest BCUT2D eigenvalue weighted by molar-refractivity contribution is 0.0392. The van der Waals surface area contributed by atoms with Crippen molar-refractivity contribution in [3.63, 3.8) is 0 Å². The monoisotopic (exact) mass is 212 g/mol. The molecule has 1 aliphatic heterocycles. The van der Waals surface area contributed by atoms with Crippen molar-refractivity contribution in [3.05, 3.63) is 0 Å². The lowest BCUT2D eigenvalue weighted by atomic mass is 9.81. The first-order valence-electron chi connectivity index (χ1n) is 6.22. The van der Waals surface area contributed by atoms with Crippen LogP contribution in [-0.2, 0) is 0 Å². The predicted octanol–water partition coefficient (Wildman–Crippen LogP) is 2.62. The minimum Gasteiger partial charge on any atom is -0.326 e. The van der Waals surface area contributed by atoms with Crippen LogP contribution in [0, 0.1) is 5.41 Å². The van der Waals surface area contributed by atoms with Crippen molar-refractivity contribution in [2.75, 3.05) is 6.54 Å². The minimum atomic E-state index is 0.280. The minimum absolute atomic E-state index is 0.280. The average Bonchev–Trinajstić information content (AvgIpc) is 2.46. The summed E-state index contributed by atoms with van der Waals surface area (Å²) in [6.45, 7) is 15.0. The molecule has 2 nitrogen and oxygen atoms in total. The second kappa shape index (κ2) is 4.06. The van der Waals surface area contributed by atoms with Crippen LogP contribution in [0.1, 0.15) is 54.4 Å². The molecule has 1 saturated heterocycles. The maximum atomic E-state index is 6.27. The van der Waals surface area contributed by atoms with E-state index in [0.29, 0.717) is 12.1 Å². The molecule has 2 atom stereocenters. The van der Waals surface area contributed by atoms with Crippen LogP contribution in [-0.4, -0.2) is 29.1 Å². The molecule has 2 heteroatoms. The zero-order valence-electron chi connectivity index (χ0n) is 11.3. The highest BCUT2D eigenvalue weighted by Gasteiger charge is 2.44. The van der Waals surface area contributed by atoms with Gasteiger partial charge in [0.1, 0.15) is 0 Å². The molecule has 0 saturated carbocycles. The Balaban J connectivity index is 2.91. The molecule has 0 bridgehead atoms. The molecule has 0 aromatic rings. The third-order valence-corrected chi connectivity index (χ3v) is 3.97. The molecule has 0 aromatic carbocycles. The van der Waals surface area contributed by atoms with Crippen LogP contribution in [0.2, 0.25) is 0 Å². The zero-order valence-corrected chi connectivity index (χ0v) is 11.3. The Morgan fingerprint density at radius 1 is 1.20 bits per heavy atom. The van der Waals surface area contributed by atoms with E-state index in [1.165, 1.54) is 6.42 Å². The van der Waals surface area contributed by atoms with Gasteiger partial charge in [-0.05, 0) is 32.1 Å². The summed E-state index contributed by atoms with van der Waals surface area (Å²) >= 11 is 0. The number of rotatable bonds is 2. The lowest BCUT2D eigenvalue weighted by Crippen LogP contribution is -2.55. The van der Waals surface area contributed by atoms with Gasteiger partial charge in [-0.3, -0.25) is 4.90 Å². The quantitative estimate of drug-likeness (QED) is 0.762. The van der Waals surface area contributed by atoms with Crippen molar-refractivity contribution in [2.24, 2.45) is 11.1 Å². The van der Waals surface area contributed by atoms with Crippen LogP contribution in [0.3, 0.4) is 0 Å². The van der Waals surface area contributed by atoms with Crippen LogP contribution in [0.4, 0.5) is 0 Å². The fraction of sp³-hybridized carbons (Fsp3) is 1.00. The summed E-state index contributed by atoms with van der Waals surface area (Å²) in [5.74, 6) is 0. The van der Waals surface area contributed by atoms with E-state index >= 15 is 0 Å². The fourth-order valence-corrected chi connectivity index (χ4v) is 2.81. The van der Waals surface area contributed by atoms with Gasteiger partial charge in [-0.25, -0.2) is 0 Å². The number of hydrogen-bond acceptors (Lipinski definition) is 2. The maximum absolute atomic E-state index is 6.27. The molecule has 0 amide bonds. The van der Waals surface area contributed by atoms with Gasteiger partial charge in [-0.1, -0.05) is 27.7 Å². The van der Waals surface area contributed by atoms with Crippen molar-refractivity contribution in [1.82, 2.24) is 4.90 Å². The lowest BCUT2D eigenvalue weighted by Gasteiger charge is -2.45. The van der Waals surface area contributed by atoms with E-state index in [1.807, 2.05) is 0 Å². The standard InChI is InChI=1S/C13H28N2/c1-7-13(5,6)15-9-8-10(14)11(15)12(2,3)4/h10-11H,7-9,14H2,1-6H3/t10-,11+/m1/s1. The normalized spacial score (nSPS) is 29.8. The van der Waals surface area contributed by atoms with Crippen LogP contribution < -0.4 is 5.73 Å². The molecule has 15 heavy (non-hydrogen) atoms. The summed E-state index contributed by atoms with van der Waals surface area (Å²) in [5.41, 5.74) is 6.83. The molecule has 1 rings (SSSR count). The topological polar surface area (TPSA) is 29.3 Å². The Bertz CT molecular complexity index is 215. The molecule has 0 spiro atoms. The first-order chi connectivity index (χ1) is 6.70. The molecule has 90 valence electrons. The van der Waals surface area contributed by atoms with Gasteiger partial charge in [0.2, 0.25) is 0 Å². The van der Waals surface area contributed by atoms with Crippen molar-refractivity contribution < 1.29 is 0 Å². The Morgan fingerprint density at radius 2 is 1.73 bits per heavy atom. The highest BCUT2D eigenvalue weighted by atomic mass is 15.3. The third kappa shape index (κ3) is 2.54. The van der Waals surface area contributed by atoms with E-state index < -0.39 is 0 Å². The Morgan fingerprint density at radius 3 is 2.13 bits per heavy atom. The SMILES string of the molecule is CCC(C)(C)N1CC[C@@H](N)[C@H]1C(C)(C)C. The molecule has 1 aliphatic rings. The highest BCUT2D eigenvalue weighted by Crippen LogP contribution is 2.37. The van der Waals surface area contributed by atoms with E-state index in [2.05, 4.69) is 46.4 Å². The van der Waals surface area contributed by atoms with Crippen molar-refractivity contribution in [3.8, 4) is 0 Å². The van der Waals surface area contributed by atoms with E-state index in [0.717, 1.165) is 13.0 Å². The largest absolute Gasteiger partial charge is 0.326 e. The van der Waals surface area contributed by atoms with Gasteiger partial charge < -0.3 is 5.73 Å². The molecular formula is C13H28N2. The van der Waals surface area contributed by atoms with E-state index in [1.54, 1.807) is 0 Å². The fourth-order valence-electron chi connectivity index (χ4n) is 2.81.